The van der Waals surface area contributed by atoms with Crippen molar-refractivity contribution >= 4 is 17.2 Å². The number of aromatic nitrogens is 2. The van der Waals surface area contributed by atoms with Crippen molar-refractivity contribution in [3.8, 4) is 0 Å². The lowest BCUT2D eigenvalue weighted by atomic mass is 9.99. The van der Waals surface area contributed by atoms with Gasteiger partial charge in [0.15, 0.2) is 0 Å². The standard InChI is InChI=1S/C15H21ClN4O/c1-21-14-4-5-19(13(6-14)7-17)9-12-10-20-8-11(16)2-3-15(20)18-12/h2-3,8,10,13-14H,4-7,9,17H2,1H3. The fourth-order valence-corrected chi connectivity index (χ4v) is 3.20. The SMILES string of the molecule is COC1CCN(Cc2cn3cc(Cl)ccc3n2)C(CN)C1. The summed E-state index contributed by atoms with van der Waals surface area (Å²) in [4.78, 5) is 7.05. The van der Waals surface area contributed by atoms with Crippen LogP contribution in [0.3, 0.4) is 0 Å². The molecule has 5 nitrogen and oxygen atoms in total. The number of pyridine rings is 1. The highest BCUT2D eigenvalue weighted by Crippen LogP contribution is 2.21. The average Bonchev–Trinajstić information content (AvgIpc) is 2.89. The van der Waals surface area contributed by atoms with Crippen molar-refractivity contribution < 1.29 is 4.74 Å². The van der Waals surface area contributed by atoms with Gasteiger partial charge < -0.3 is 14.9 Å². The zero-order chi connectivity index (χ0) is 14.8. The van der Waals surface area contributed by atoms with Crippen LogP contribution in [0, 0.1) is 0 Å². The number of piperidine rings is 1. The van der Waals surface area contributed by atoms with Gasteiger partial charge in [0.25, 0.3) is 0 Å². The average molecular weight is 309 g/mol. The van der Waals surface area contributed by atoms with Gasteiger partial charge in [-0.3, -0.25) is 4.90 Å². The van der Waals surface area contributed by atoms with E-state index < -0.39 is 0 Å². The molecule has 3 heterocycles. The number of likely N-dealkylation sites (tertiary alicyclic amines) is 1. The van der Waals surface area contributed by atoms with Crippen molar-refractivity contribution in [2.75, 3.05) is 20.2 Å². The number of rotatable bonds is 4. The normalized spacial score (nSPS) is 23.8. The first-order valence-electron chi connectivity index (χ1n) is 7.29. The van der Waals surface area contributed by atoms with Crippen LogP contribution in [0.15, 0.2) is 24.5 Å². The summed E-state index contributed by atoms with van der Waals surface area (Å²) in [6.45, 7) is 2.46. The third kappa shape index (κ3) is 3.21. The summed E-state index contributed by atoms with van der Waals surface area (Å²) in [6, 6.07) is 4.15. The largest absolute Gasteiger partial charge is 0.381 e. The number of nitrogens with two attached hydrogens (primary N) is 1. The van der Waals surface area contributed by atoms with Gasteiger partial charge in [-0.25, -0.2) is 4.98 Å². The van der Waals surface area contributed by atoms with Crippen LogP contribution in [0.25, 0.3) is 5.65 Å². The number of fused-ring (bicyclic) bond motifs is 1. The van der Waals surface area contributed by atoms with E-state index in [4.69, 9.17) is 22.1 Å². The van der Waals surface area contributed by atoms with Crippen LogP contribution in [0.2, 0.25) is 5.02 Å². The fourth-order valence-electron chi connectivity index (χ4n) is 3.03. The van der Waals surface area contributed by atoms with Crippen LogP contribution in [0.5, 0.6) is 0 Å². The van der Waals surface area contributed by atoms with Crippen LogP contribution >= 0.6 is 11.6 Å². The molecule has 114 valence electrons. The summed E-state index contributed by atoms with van der Waals surface area (Å²) in [5, 5.41) is 0.715. The highest BCUT2D eigenvalue weighted by molar-refractivity contribution is 6.30. The van der Waals surface area contributed by atoms with Crippen LogP contribution < -0.4 is 5.73 Å². The van der Waals surface area contributed by atoms with Gasteiger partial charge >= 0.3 is 0 Å². The van der Waals surface area contributed by atoms with E-state index in [9.17, 15) is 0 Å². The zero-order valence-electron chi connectivity index (χ0n) is 12.2. The minimum absolute atomic E-state index is 0.328. The molecule has 0 spiro atoms. The molecule has 0 saturated carbocycles. The Morgan fingerprint density at radius 1 is 1.43 bits per heavy atom. The molecule has 1 aliphatic heterocycles. The van der Waals surface area contributed by atoms with E-state index in [0.29, 0.717) is 23.7 Å². The van der Waals surface area contributed by atoms with Gasteiger partial charge in [-0.1, -0.05) is 11.6 Å². The lowest BCUT2D eigenvalue weighted by Crippen LogP contribution is -2.48. The molecular formula is C15H21ClN4O. The molecule has 0 amide bonds. The van der Waals surface area contributed by atoms with E-state index in [0.717, 1.165) is 37.3 Å². The Bertz CT molecular complexity index is 615. The van der Waals surface area contributed by atoms with Crippen LogP contribution in [0.1, 0.15) is 18.5 Å². The van der Waals surface area contributed by atoms with Crippen molar-refractivity contribution in [3.05, 3.63) is 35.2 Å². The van der Waals surface area contributed by atoms with E-state index in [1.807, 2.05) is 28.9 Å². The van der Waals surface area contributed by atoms with Crippen molar-refractivity contribution in [2.45, 2.75) is 31.5 Å². The Morgan fingerprint density at radius 3 is 3.05 bits per heavy atom. The molecule has 2 atom stereocenters. The Hall–Kier alpha value is -1.14. The molecule has 2 N–H and O–H groups in total. The third-order valence-corrected chi connectivity index (χ3v) is 4.45. The molecular weight excluding hydrogens is 288 g/mol. The summed E-state index contributed by atoms with van der Waals surface area (Å²) in [7, 11) is 1.78. The maximum Gasteiger partial charge on any atom is 0.137 e. The second kappa shape index (κ2) is 6.32. The second-order valence-electron chi connectivity index (χ2n) is 5.59. The molecule has 3 rings (SSSR count). The Labute approximate surface area is 129 Å². The molecule has 0 aromatic carbocycles. The van der Waals surface area contributed by atoms with Gasteiger partial charge in [0, 0.05) is 45.2 Å². The maximum absolute atomic E-state index is 6.01. The molecule has 1 fully saturated rings. The van der Waals surface area contributed by atoms with E-state index in [1.54, 1.807) is 7.11 Å². The second-order valence-corrected chi connectivity index (χ2v) is 6.02. The van der Waals surface area contributed by atoms with Gasteiger partial charge in [-0.05, 0) is 25.0 Å². The smallest absolute Gasteiger partial charge is 0.137 e. The first-order chi connectivity index (χ1) is 10.2. The van der Waals surface area contributed by atoms with Crippen LogP contribution in [0.4, 0.5) is 0 Å². The Balaban J connectivity index is 1.74. The summed E-state index contributed by atoms with van der Waals surface area (Å²) in [5.41, 5.74) is 7.89. The molecule has 0 aliphatic carbocycles. The monoisotopic (exact) mass is 308 g/mol. The topological polar surface area (TPSA) is 55.8 Å². The first-order valence-corrected chi connectivity index (χ1v) is 7.67. The Kier molecular flexibility index (Phi) is 4.45. The first kappa shape index (κ1) is 14.8. The summed E-state index contributed by atoms with van der Waals surface area (Å²) in [5.74, 6) is 0. The molecule has 1 saturated heterocycles. The van der Waals surface area contributed by atoms with E-state index in [1.165, 1.54) is 0 Å². The molecule has 1 aliphatic rings. The van der Waals surface area contributed by atoms with Gasteiger partial charge in [-0.2, -0.15) is 0 Å². The predicted molar refractivity (Wildman–Crippen MR) is 83.5 cm³/mol. The third-order valence-electron chi connectivity index (χ3n) is 4.22. The van der Waals surface area contributed by atoms with E-state index in [-0.39, 0.29) is 0 Å². The number of halogens is 1. The van der Waals surface area contributed by atoms with Gasteiger partial charge in [0.1, 0.15) is 5.65 Å². The number of hydrogen-bond donors (Lipinski definition) is 1. The molecule has 0 radical (unpaired) electrons. The molecule has 2 aromatic heterocycles. The minimum Gasteiger partial charge on any atom is -0.381 e. The number of ether oxygens (including phenoxy) is 1. The summed E-state index contributed by atoms with van der Waals surface area (Å²) >= 11 is 6.01. The number of methoxy groups -OCH3 is 1. The number of nitrogens with zero attached hydrogens (tertiary/aromatic N) is 3. The minimum atomic E-state index is 0.328. The van der Waals surface area contributed by atoms with Crippen molar-refractivity contribution in [1.29, 1.82) is 0 Å². The van der Waals surface area contributed by atoms with Crippen LogP contribution in [-0.2, 0) is 11.3 Å². The molecule has 2 aromatic rings. The van der Waals surface area contributed by atoms with Crippen molar-refractivity contribution in [3.63, 3.8) is 0 Å². The highest BCUT2D eigenvalue weighted by atomic mass is 35.5. The predicted octanol–water partition coefficient (Wildman–Crippen LogP) is 1.93. The highest BCUT2D eigenvalue weighted by Gasteiger charge is 2.27. The van der Waals surface area contributed by atoms with Crippen LogP contribution in [-0.4, -0.2) is 46.6 Å². The van der Waals surface area contributed by atoms with Gasteiger partial charge in [0.2, 0.25) is 0 Å². The molecule has 6 heteroatoms. The molecule has 21 heavy (non-hydrogen) atoms. The summed E-state index contributed by atoms with van der Waals surface area (Å²) in [6.07, 6.45) is 6.29. The lowest BCUT2D eigenvalue weighted by molar-refractivity contribution is 0.00983. The van der Waals surface area contributed by atoms with Crippen molar-refractivity contribution in [2.24, 2.45) is 5.73 Å². The quantitative estimate of drug-likeness (QED) is 0.937. The lowest BCUT2D eigenvalue weighted by Gasteiger charge is -2.38. The van der Waals surface area contributed by atoms with Gasteiger partial charge in [-0.15, -0.1) is 0 Å². The van der Waals surface area contributed by atoms with E-state index >= 15 is 0 Å². The summed E-state index contributed by atoms with van der Waals surface area (Å²) < 4.78 is 7.44. The number of hydrogen-bond acceptors (Lipinski definition) is 4. The molecule has 2 unspecified atom stereocenters. The Morgan fingerprint density at radius 2 is 2.29 bits per heavy atom. The fraction of sp³-hybridized carbons (Fsp3) is 0.533. The molecule has 0 bridgehead atoms. The zero-order valence-corrected chi connectivity index (χ0v) is 13.0. The van der Waals surface area contributed by atoms with Crippen molar-refractivity contribution in [1.82, 2.24) is 14.3 Å². The maximum atomic E-state index is 6.01. The van der Waals surface area contributed by atoms with E-state index in [2.05, 4.69) is 9.88 Å². The number of imidazole rings is 1. The van der Waals surface area contributed by atoms with Gasteiger partial charge in [0.05, 0.1) is 16.8 Å².